The number of nitrogens with zero attached hydrogens (tertiary/aromatic N) is 3. The third-order valence-corrected chi connectivity index (χ3v) is 3.03. The summed E-state index contributed by atoms with van der Waals surface area (Å²) >= 11 is 0. The second-order valence-corrected chi connectivity index (χ2v) is 4.64. The maximum absolute atomic E-state index is 11.2. The summed E-state index contributed by atoms with van der Waals surface area (Å²) in [7, 11) is 0. The van der Waals surface area contributed by atoms with Crippen molar-refractivity contribution in [1.29, 1.82) is 0 Å². The molecule has 1 aromatic carbocycles. The van der Waals surface area contributed by atoms with Crippen molar-refractivity contribution < 1.29 is 4.79 Å². The van der Waals surface area contributed by atoms with Crippen LogP contribution in [0.4, 0.5) is 5.69 Å². The van der Waals surface area contributed by atoms with Crippen molar-refractivity contribution in [3.8, 4) is 0 Å². The maximum atomic E-state index is 11.2. The van der Waals surface area contributed by atoms with E-state index in [0.29, 0.717) is 19.6 Å². The van der Waals surface area contributed by atoms with Crippen LogP contribution in [0, 0.1) is 0 Å². The molecule has 0 aliphatic heterocycles. The molecule has 6 heteroatoms. The van der Waals surface area contributed by atoms with Gasteiger partial charge in [-0.25, -0.2) is 0 Å². The number of hydrogen-bond acceptors (Lipinski definition) is 4. The Balaban J connectivity index is 1.99. The number of rotatable bonds is 7. The van der Waals surface area contributed by atoms with E-state index in [9.17, 15) is 4.79 Å². The van der Waals surface area contributed by atoms with E-state index in [4.69, 9.17) is 11.5 Å². The zero-order valence-corrected chi connectivity index (χ0v) is 11.3. The SMILES string of the molecule is NC(=O)CN(CCn1cccn1)Cc1ccccc1N. The second-order valence-electron chi connectivity index (χ2n) is 4.64. The van der Waals surface area contributed by atoms with Crippen molar-refractivity contribution in [2.45, 2.75) is 13.1 Å². The molecule has 4 N–H and O–H groups in total. The molecule has 2 aromatic rings. The fourth-order valence-electron chi connectivity index (χ4n) is 2.03. The van der Waals surface area contributed by atoms with Gasteiger partial charge in [-0.1, -0.05) is 18.2 Å². The van der Waals surface area contributed by atoms with Crippen molar-refractivity contribution in [1.82, 2.24) is 14.7 Å². The lowest BCUT2D eigenvalue weighted by atomic mass is 10.1. The lowest BCUT2D eigenvalue weighted by molar-refractivity contribution is -0.119. The van der Waals surface area contributed by atoms with E-state index < -0.39 is 0 Å². The maximum Gasteiger partial charge on any atom is 0.231 e. The van der Waals surface area contributed by atoms with Gasteiger partial charge in [0.15, 0.2) is 0 Å². The normalized spacial score (nSPS) is 10.8. The zero-order valence-electron chi connectivity index (χ0n) is 11.3. The largest absolute Gasteiger partial charge is 0.398 e. The van der Waals surface area contributed by atoms with Gasteiger partial charge in [0, 0.05) is 31.2 Å². The molecular formula is C14H19N5O. The fourth-order valence-corrected chi connectivity index (χ4v) is 2.03. The number of carbonyl (C=O) groups excluding carboxylic acids is 1. The number of para-hydroxylation sites is 1. The molecule has 0 radical (unpaired) electrons. The molecule has 20 heavy (non-hydrogen) atoms. The molecule has 1 amide bonds. The topological polar surface area (TPSA) is 90.2 Å². The Hall–Kier alpha value is -2.34. The number of hydrogen-bond donors (Lipinski definition) is 2. The van der Waals surface area contributed by atoms with Crippen LogP contribution in [-0.2, 0) is 17.9 Å². The summed E-state index contributed by atoms with van der Waals surface area (Å²) in [4.78, 5) is 13.1. The molecule has 1 heterocycles. The Morgan fingerprint density at radius 2 is 2.10 bits per heavy atom. The lowest BCUT2D eigenvalue weighted by Crippen LogP contribution is -2.35. The molecule has 106 valence electrons. The number of aromatic nitrogens is 2. The van der Waals surface area contributed by atoms with Crippen LogP contribution < -0.4 is 11.5 Å². The third-order valence-electron chi connectivity index (χ3n) is 3.03. The summed E-state index contributed by atoms with van der Waals surface area (Å²) < 4.78 is 1.82. The van der Waals surface area contributed by atoms with E-state index in [1.165, 1.54) is 0 Å². The summed E-state index contributed by atoms with van der Waals surface area (Å²) in [5, 5.41) is 4.14. The van der Waals surface area contributed by atoms with Crippen molar-refractivity contribution in [3.05, 3.63) is 48.3 Å². The van der Waals surface area contributed by atoms with Crippen LogP contribution in [0.1, 0.15) is 5.56 Å². The van der Waals surface area contributed by atoms with Crippen molar-refractivity contribution >= 4 is 11.6 Å². The third kappa shape index (κ3) is 4.10. The summed E-state index contributed by atoms with van der Waals surface area (Å²) in [6, 6.07) is 9.50. The summed E-state index contributed by atoms with van der Waals surface area (Å²) in [6.07, 6.45) is 3.62. The highest BCUT2D eigenvalue weighted by Gasteiger charge is 2.11. The van der Waals surface area contributed by atoms with E-state index in [2.05, 4.69) is 5.10 Å². The van der Waals surface area contributed by atoms with E-state index in [-0.39, 0.29) is 12.5 Å². The highest BCUT2D eigenvalue weighted by Crippen LogP contribution is 2.13. The first kappa shape index (κ1) is 14.1. The van der Waals surface area contributed by atoms with Crippen LogP contribution in [0.2, 0.25) is 0 Å². The van der Waals surface area contributed by atoms with E-state index in [0.717, 1.165) is 11.3 Å². The van der Waals surface area contributed by atoms with Crippen LogP contribution in [0.3, 0.4) is 0 Å². The minimum absolute atomic E-state index is 0.204. The van der Waals surface area contributed by atoms with Crippen molar-refractivity contribution in [2.24, 2.45) is 5.73 Å². The first-order valence-electron chi connectivity index (χ1n) is 6.46. The molecule has 0 bridgehead atoms. The van der Waals surface area contributed by atoms with Crippen LogP contribution in [0.15, 0.2) is 42.7 Å². The van der Waals surface area contributed by atoms with Crippen molar-refractivity contribution in [2.75, 3.05) is 18.8 Å². The zero-order chi connectivity index (χ0) is 14.4. The van der Waals surface area contributed by atoms with Gasteiger partial charge < -0.3 is 11.5 Å². The Labute approximate surface area is 118 Å². The molecular weight excluding hydrogens is 254 g/mol. The van der Waals surface area contributed by atoms with Gasteiger partial charge >= 0.3 is 0 Å². The Morgan fingerprint density at radius 1 is 1.30 bits per heavy atom. The van der Waals surface area contributed by atoms with E-state index in [1.807, 2.05) is 46.1 Å². The minimum Gasteiger partial charge on any atom is -0.398 e. The molecule has 0 spiro atoms. The molecule has 0 fully saturated rings. The average molecular weight is 273 g/mol. The van der Waals surface area contributed by atoms with Crippen LogP contribution in [0.25, 0.3) is 0 Å². The van der Waals surface area contributed by atoms with Crippen molar-refractivity contribution in [3.63, 3.8) is 0 Å². The van der Waals surface area contributed by atoms with Gasteiger partial charge in [-0.3, -0.25) is 14.4 Å². The number of carbonyl (C=O) groups is 1. The van der Waals surface area contributed by atoms with Crippen LogP contribution >= 0.6 is 0 Å². The predicted molar refractivity (Wildman–Crippen MR) is 77.6 cm³/mol. The van der Waals surface area contributed by atoms with E-state index >= 15 is 0 Å². The molecule has 0 saturated carbocycles. The molecule has 0 aliphatic rings. The molecule has 2 rings (SSSR count). The highest BCUT2D eigenvalue weighted by atomic mass is 16.1. The number of benzene rings is 1. The molecule has 0 saturated heterocycles. The Bertz CT molecular complexity index is 552. The standard InChI is InChI=1S/C14H19N5O/c15-13-5-2-1-4-12(13)10-18(11-14(16)20)8-9-19-7-3-6-17-19/h1-7H,8-11,15H2,(H2,16,20). The lowest BCUT2D eigenvalue weighted by Gasteiger charge is -2.21. The molecule has 6 nitrogen and oxygen atoms in total. The first-order valence-corrected chi connectivity index (χ1v) is 6.46. The quantitative estimate of drug-likeness (QED) is 0.717. The van der Waals surface area contributed by atoms with Crippen LogP contribution in [0.5, 0.6) is 0 Å². The van der Waals surface area contributed by atoms with Gasteiger partial charge in [0.1, 0.15) is 0 Å². The predicted octanol–water partition coefficient (Wildman–Crippen LogP) is 0.453. The number of primary amides is 1. The van der Waals surface area contributed by atoms with Gasteiger partial charge in [-0.2, -0.15) is 5.10 Å². The van der Waals surface area contributed by atoms with Gasteiger partial charge in [0.25, 0.3) is 0 Å². The summed E-state index contributed by atoms with van der Waals surface area (Å²) in [5.74, 6) is -0.347. The van der Waals surface area contributed by atoms with Crippen LogP contribution in [-0.4, -0.2) is 33.7 Å². The van der Waals surface area contributed by atoms with Gasteiger partial charge in [0.2, 0.25) is 5.91 Å². The number of anilines is 1. The first-order chi connectivity index (χ1) is 9.65. The van der Waals surface area contributed by atoms with Gasteiger partial charge in [-0.15, -0.1) is 0 Å². The monoisotopic (exact) mass is 273 g/mol. The summed E-state index contributed by atoms with van der Waals surface area (Å²) in [6.45, 7) is 2.18. The smallest absolute Gasteiger partial charge is 0.231 e. The molecule has 0 atom stereocenters. The minimum atomic E-state index is -0.347. The molecule has 0 aliphatic carbocycles. The van der Waals surface area contributed by atoms with E-state index in [1.54, 1.807) is 6.20 Å². The fraction of sp³-hybridized carbons (Fsp3) is 0.286. The number of amides is 1. The Kier molecular flexibility index (Phi) is 4.73. The molecule has 0 unspecified atom stereocenters. The second kappa shape index (κ2) is 6.72. The number of nitrogen functional groups attached to an aromatic ring is 1. The van der Waals surface area contributed by atoms with Gasteiger partial charge in [-0.05, 0) is 17.7 Å². The number of nitrogens with two attached hydrogens (primary N) is 2. The average Bonchev–Trinajstić information content (AvgIpc) is 2.91. The Morgan fingerprint density at radius 3 is 2.75 bits per heavy atom. The molecule has 1 aromatic heterocycles. The van der Waals surface area contributed by atoms with Gasteiger partial charge in [0.05, 0.1) is 13.1 Å². The highest BCUT2D eigenvalue weighted by molar-refractivity contribution is 5.75. The summed E-state index contributed by atoms with van der Waals surface area (Å²) in [5.41, 5.74) is 12.9.